The van der Waals surface area contributed by atoms with E-state index in [1.54, 1.807) is 23.1 Å². The Kier molecular flexibility index (Phi) is 7.31. The largest absolute Gasteiger partial charge is 0.368 e. The number of nitrogens with one attached hydrogen (secondary N) is 1. The van der Waals surface area contributed by atoms with Gasteiger partial charge in [0.15, 0.2) is 0 Å². The Hall–Kier alpha value is -2.74. The highest BCUT2D eigenvalue weighted by molar-refractivity contribution is 7.92. The highest BCUT2D eigenvalue weighted by atomic mass is 35.5. The zero-order valence-electron chi connectivity index (χ0n) is 19.8. The molecule has 0 atom stereocenters. The summed E-state index contributed by atoms with van der Waals surface area (Å²) in [5.41, 5.74) is 4.92. The first-order valence-corrected chi connectivity index (χ1v) is 13.5. The van der Waals surface area contributed by atoms with Gasteiger partial charge in [0.2, 0.25) is 0 Å². The second-order valence-corrected chi connectivity index (χ2v) is 11.3. The molecule has 0 unspecified atom stereocenters. The molecule has 9 heteroatoms. The minimum atomic E-state index is -3.99. The number of carbonyl (C=O) groups excluding carboxylic acids is 1. The molecule has 6 nitrogen and oxygen atoms in total. The first kappa shape index (κ1) is 25.4. The average Bonchev–Trinajstić information content (AvgIpc) is 2.82. The highest BCUT2D eigenvalue weighted by Crippen LogP contribution is 2.28. The van der Waals surface area contributed by atoms with Crippen molar-refractivity contribution in [3.8, 4) is 0 Å². The molecule has 1 fully saturated rings. The third-order valence-corrected chi connectivity index (χ3v) is 8.40. The molecule has 1 amide bonds. The Morgan fingerprint density at radius 1 is 0.829 bits per heavy atom. The minimum Gasteiger partial charge on any atom is -0.368 e. The van der Waals surface area contributed by atoms with E-state index in [1.165, 1.54) is 12.1 Å². The van der Waals surface area contributed by atoms with Crippen LogP contribution in [0.15, 0.2) is 59.5 Å². The fourth-order valence-corrected chi connectivity index (χ4v) is 5.86. The number of halogens is 2. The van der Waals surface area contributed by atoms with E-state index in [1.807, 2.05) is 45.0 Å². The maximum absolute atomic E-state index is 13.2. The zero-order valence-corrected chi connectivity index (χ0v) is 22.1. The smallest absolute Gasteiger partial charge is 0.263 e. The Bertz CT molecular complexity index is 1380. The monoisotopic (exact) mass is 531 g/mol. The van der Waals surface area contributed by atoms with Crippen LogP contribution in [0.2, 0.25) is 10.0 Å². The van der Waals surface area contributed by atoms with Crippen molar-refractivity contribution in [1.29, 1.82) is 0 Å². The predicted molar refractivity (Wildman–Crippen MR) is 142 cm³/mol. The average molecular weight is 532 g/mol. The van der Waals surface area contributed by atoms with Crippen LogP contribution in [0, 0.1) is 20.8 Å². The maximum atomic E-state index is 13.2. The molecular formula is C26H27Cl2N3O3S. The van der Waals surface area contributed by atoms with Crippen molar-refractivity contribution in [2.24, 2.45) is 0 Å². The Morgan fingerprint density at radius 2 is 1.51 bits per heavy atom. The van der Waals surface area contributed by atoms with Gasteiger partial charge in [-0.1, -0.05) is 35.3 Å². The quantitative estimate of drug-likeness (QED) is 0.459. The van der Waals surface area contributed by atoms with Crippen molar-refractivity contribution in [1.82, 2.24) is 4.90 Å². The Labute approximate surface area is 216 Å². The van der Waals surface area contributed by atoms with Gasteiger partial charge in [0.05, 0.1) is 5.02 Å². The molecule has 0 spiro atoms. The van der Waals surface area contributed by atoms with Crippen LogP contribution in [-0.4, -0.2) is 45.4 Å². The molecular weight excluding hydrogens is 505 g/mol. The number of carbonyl (C=O) groups is 1. The van der Waals surface area contributed by atoms with E-state index in [-0.39, 0.29) is 21.4 Å². The number of hydrogen-bond donors (Lipinski definition) is 1. The summed E-state index contributed by atoms with van der Waals surface area (Å²) in [5, 5.41) is 0.729. The van der Waals surface area contributed by atoms with E-state index < -0.39 is 10.0 Å². The number of benzene rings is 3. The first-order valence-electron chi connectivity index (χ1n) is 11.2. The van der Waals surface area contributed by atoms with E-state index in [0.29, 0.717) is 36.9 Å². The molecule has 1 heterocycles. The van der Waals surface area contributed by atoms with Gasteiger partial charge in [-0.2, -0.15) is 0 Å². The predicted octanol–water partition coefficient (Wildman–Crippen LogP) is 5.68. The van der Waals surface area contributed by atoms with Gasteiger partial charge in [-0.15, -0.1) is 0 Å². The van der Waals surface area contributed by atoms with Crippen LogP contribution in [0.3, 0.4) is 0 Å². The number of sulfonamides is 1. The minimum absolute atomic E-state index is 0.0548. The second kappa shape index (κ2) is 10.1. The van der Waals surface area contributed by atoms with Crippen LogP contribution in [0.25, 0.3) is 0 Å². The lowest BCUT2D eigenvalue weighted by Crippen LogP contribution is -2.49. The van der Waals surface area contributed by atoms with E-state index >= 15 is 0 Å². The Balaban J connectivity index is 1.50. The number of anilines is 2. The summed E-state index contributed by atoms with van der Waals surface area (Å²) < 4.78 is 28.8. The summed E-state index contributed by atoms with van der Waals surface area (Å²) in [6.07, 6.45) is 0. The van der Waals surface area contributed by atoms with Crippen molar-refractivity contribution in [3.05, 3.63) is 86.9 Å². The van der Waals surface area contributed by atoms with Gasteiger partial charge in [-0.3, -0.25) is 9.52 Å². The lowest BCUT2D eigenvalue weighted by atomic mass is 10.1. The van der Waals surface area contributed by atoms with Crippen LogP contribution in [0.4, 0.5) is 11.4 Å². The maximum Gasteiger partial charge on any atom is 0.263 e. The van der Waals surface area contributed by atoms with Crippen molar-refractivity contribution < 1.29 is 13.2 Å². The SMILES string of the molecule is Cc1ccc(NS(=O)(=O)c2cc(C(=O)N3CCN(c4cc(Cl)ccc4C)CC3)ccc2Cl)cc1C. The number of nitrogens with zero attached hydrogens (tertiary/aromatic N) is 2. The van der Waals surface area contributed by atoms with E-state index in [0.717, 1.165) is 22.4 Å². The second-order valence-electron chi connectivity index (χ2n) is 8.76. The molecule has 0 aliphatic carbocycles. The summed E-state index contributed by atoms with van der Waals surface area (Å²) in [7, 11) is -3.99. The van der Waals surface area contributed by atoms with Gasteiger partial charge in [-0.25, -0.2) is 8.42 Å². The molecule has 1 saturated heterocycles. The van der Waals surface area contributed by atoms with Crippen LogP contribution in [-0.2, 0) is 10.0 Å². The zero-order chi connectivity index (χ0) is 25.3. The van der Waals surface area contributed by atoms with Crippen LogP contribution >= 0.6 is 23.2 Å². The molecule has 0 aromatic heterocycles. The van der Waals surface area contributed by atoms with Gasteiger partial charge in [0, 0.05) is 48.1 Å². The van der Waals surface area contributed by atoms with Gasteiger partial charge < -0.3 is 9.80 Å². The highest BCUT2D eigenvalue weighted by Gasteiger charge is 2.26. The molecule has 4 rings (SSSR count). The van der Waals surface area contributed by atoms with E-state index in [4.69, 9.17) is 23.2 Å². The van der Waals surface area contributed by atoms with Gasteiger partial charge >= 0.3 is 0 Å². The lowest BCUT2D eigenvalue weighted by molar-refractivity contribution is 0.0746. The van der Waals surface area contributed by atoms with Crippen LogP contribution in [0.5, 0.6) is 0 Å². The summed E-state index contributed by atoms with van der Waals surface area (Å²) >= 11 is 12.4. The van der Waals surface area contributed by atoms with Crippen molar-refractivity contribution >= 4 is 50.5 Å². The van der Waals surface area contributed by atoms with Gasteiger partial charge in [0.25, 0.3) is 15.9 Å². The molecule has 35 heavy (non-hydrogen) atoms. The Morgan fingerprint density at radius 3 is 2.20 bits per heavy atom. The normalized spacial score (nSPS) is 14.2. The van der Waals surface area contributed by atoms with E-state index in [2.05, 4.69) is 9.62 Å². The van der Waals surface area contributed by atoms with Gasteiger partial charge in [0.1, 0.15) is 4.90 Å². The number of hydrogen-bond acceptors (Lipinski definition) is 4. The molecule has 0 bridgehead atoms. The molecule has 0 radical (unpaired) electrons. The summed E-state index contributed by atoms with van der Waals surface area (Å²) in [6, 6.07) is 15.5. The van der Waals surface area contributed by atoms with Crippen molar-refractivity contribution in [2.75, 3.05) is 35.8 Å². The van der Waals surface area contributed by atoms with Crippen molar-refractivity contribution in [2.45, 2.75) is 25.7 Å². The first-order chi connectivity index (χ1) is 16.5. The number of rotatable bonds is 5. The third-order valence-electron chi connectivity index (χ3n) is 6.31. The van der Waals surface area contributed by atoms with E-state index in [9.17, 15) is 13.2 Å². The summed E-state index contributed by atoms with van der Waals surface area (Å²) in [5.74, 6) is -0.230. The fraction of sp³-hybridized carbons (Fsp3) is 0.269. The molecule has 1 aliphatic heterocycles. The molecule has 1 aliphatic rings. The number of aryl methyl sites for hydroxylation is 3. The fourth-order valence-electron chi connectivity index (χ4n) is 4.11. The summed E-state index contributed by atoms with van der Waals surface area (Å²) in [6.45, 7) is 8.22. The van der Waals surface area contributed by atoms with Crippen LogP contribution in [0.1, 0.15) is 27.0 Å². The van der Waals surface area contributed by atoms with Crippen molar-refractivity contribution in [3.63, 3.8) is 0 Å². The molecule has 0 saturated carbocycles. The standard InChI is InChI=1S/C26H27Cl2N3O3S/c1-17-5-8-22(14-19(17)3)29-35(33,34)25-15-20(6-9-23(25)28)26(32)31-12-10-30(11-13-31)24-16-21(27)7-4-18(24)2/h4-9,14-16,29H,10-13H2,1-3H3. The molecule has 3 aromatic rings. The molecule has 184 valence electrons. The molecule has 3 aromatic carbocycles. The topological polar surface area (TPSA) is 69.7 Å². The van der Waals surface area contributed by atoms with Gasteiger partial charge in [-0.05, 0) is 79.9 Å². The number of amides is 1. The van der Waals surface area contributed by atoms with Crippen LogP contribution < -0.4 is 9.62 Å². The lowest BCUT2D eigenvalue weighted by Gasteiger charge is -2.37. The molecule has 1 N–H and O–H groups in total. The third kappa shape index (κ3) is 5.58. The summed E-state index contributed by atoms with van der Waals surface area (Å²) in [4.78, 5) is 17.0. The number of piperazine rings is 1.